The zero-order valence-electron chi connectivity index (χ0n) is 10.0. The van der Waals surface area contributed by atoms with E-state index in [0.717, 1.165) is 0 Å². The summed E-state index contributed by atoms with van der Waals surface area (Å²) < 4.78 is 4.69. The number of carbonyl (C=O) groups is 1. The summed E-state index contributed by atoms with van der Waals surface area (Å²) in [4.78, 5) is 11.4. The van der Waals surface area contributed by atoms with Crippen LogP contribution in [0.1, 0.15) is 29.7 Å². The van der Waals surface area contributed by atoms with Gasteiger partial charge in [-0.1, -0.05) is 0 Å². The van der Waals surface area contributed by atoms with Crippen LogP contribution < -0.4 is 0 Å². The first-order chi connectivity index (χ1) is 7.90. The van der Waals surface area contributed by atoms with E-state index in [1.54, 1.807) is 20.8 Å². The van der Waals surface area contributed by atoms with Crippen molar-refractivity contribution in [3.05, 3.63) is 22.8 Å². The summed E-state index contributed by atoms with van der Waals surface area (Å²) in [6.45, 7) is 5.03. The van der Waals surface area contributed by atoms with Crippen LogP contribution in [0.4, 0.5) is 0 Å². The second-order valence-electron chi connectivity index (χ2n) is 3.74. The number of aliphatic hydroxyl groups excluding tert-OH is 1. The number of phenols is 2. The Labute approximate surface area is 99.3 Å². The number of aliphatic hydroxyl groups is 1. The van der Waals surface area contributed by atoms with E-state index in [-0.39, 0.29) is 23.7 Å². The largest absolute Gasteiger partial charge is 0.504 e. The van der Waals surface area contributed by atoms with Crippen LogP contribution in [-0.4, -0.2) is 27.9 Å². The summed E-state index contributed by atoms with van der Waals surface area (Å²) >= 11 is 0. The van der Waals surface area contributed by atoms with Gasteiger partial charge in [0, 0.05) is 0 Å². The van der Waals surface area contributed by atoms with Crippen LogP contribution >= 0.6 is 0 Å². The highest BCUT2D eigenvalue weighted by atomic mass is 16.5. The molecule has 0 heterocycles. The monoisotopic (exact) mass is 240 g/mol. The lowest BCUT2D eigenvalue weighted by Crippen LogP contribution is -2.16. The smallest absolute Gasteiger partial charge is 0.339 e. The summed E-state index contributed by atoms with van der Waals surface area (Å²) in [5.41, 5.74) is 1.19. The average Bonchev–Trinajstić information content (AvgIpc) is 2.30. The predicted octanol–water partition coefficient (Wildman–Crippen LogP) is 1.31. The number of benzene rings is 1. The Kier molecular flexibility index (Phi) is 3.96. The van der Waals surface area contributed by atoms with E-state index in [1.165, 1.54) is 6.07 Å². The molecule has 1 aromatic rings. The third-order valence-electron chi connectivity index (χ3n) is 2.69. The molecule has 0 radical (unpaired) electrons. The Bertz CT molecular complexity index is 439. The number of esters is 1. The molecule has 0 saturated heterocycles. The summed E-state index contributed by atoms with van der Waals surface area (Å²) in [5, 5.41) is 28.7. The third-order valence-corrected chi connectivity index (χ3v) is 2.69. The maximum Gasteiger partial charge on any atom is 0.339 e. The van der Waals surface area contributed by atoms with Crippen molar-refractivity contribution in [2.75, 3.05) is 6.61 Å². The number of rotatable bonds is 3. The van der Waals surface area contributed by atoms with Gasteiger partial charge in [0.2, 0.25) is 0 Å². The Morgan fingerprint density at radius 1 is 1.35 bits per heavy atom. The van der Waals surface area contributed by atoms with Crippen LogP contribution in [0.2, 0.25) is 0 Å². The lowest BCUT2D eigenvalue weighted by atomic mass is 9.97. The fourth-order valence-electron chi connectivity index (χ4n) is 1.54. The van der Waals surface area contributed by atoms with Crippen molar-refractivity contribution in [2.45, 2.75) is 26.9 Å². The molecule has 1 rings (SSSR count). The molecule has 0 fully saturated rings. The average molecular weight is 240 g/mol. The van der Waals surface area contributed by atoms with Crippen molar-refractivity contribution < 1.29 is 24.9 Å². The zero-order chi connectivity index (χ0) is 13.2. The van der Waals surface area contributed by atoms with Crippen molar-refractivity contribution in [1.29, 1.82) is 0 Å². The number of ether oxygens (including phenoxy) is 1. The van der Waals surface area contributed by atoms with E-state index in [1.807, 2.05) is 0 Å². The molecule has 0 spiro atoms. The van der Waals surface area contributed by atoms with Crippen molar-refractivity contribution >= 4 is 5.97 Å². The van der Waals surface area contributed by atoms with Crippen LogP contribution in [0.15, 0.2) is 6.07 Å². The normalized spacial score (nSPS) is 12.2. The van der Waals surface area contributed by atoms with E-state index in [4.69, 9.17) is 0 Å². The lowest BCUT2D eigenvalue weighted by Gasteiger charge is -2.16. The van der Waals surface area contributed by atoms with Gasteiger partial charge in [0.1, 0.15) is 0 Å². The molecule has 0 bridgehead atoms. The van der Waals surface area contributed by atoms with Crippen molar-refractivity contribution in [3.8, 4) is 11.5 Å². The van der Waals surface area contributed by atoms with Gasteiger partial charge in [0.15, 0.2) is 17.6 Å². The molecule has 3 N–H and O–H groups in total. The molecule has 94 valence electrons. The molecule has 0 aliphatic carbocycles. The quantitative estimate of drug-likeness (QED) is 0.547. The first-order valence-corrected chi connectivity index (χ1v) is 5.26. The molecule has 0 amide bonds. The van der Waals surface area contributed by atoms with Gasteiger partial charge in [-0.25, -0.2) is 4.79 Å². The minimum Gasteiger partial charge on any atom is -0.504 e. The Morgan fingerprint density at radius 3 is 2.47 bits per heavy atom. The topological polar surface area (TPSA) is 87.0 Å². The number of phenolic OH excluding ortho intramolecular Hbond substituents is 2. The van der Waals surface area contributed by atoms with Gasteiger partial charge in [0.25, 0.3) is 0 Å². The van der Waals surface area contributed by atoms with Crippen LogP contribution in [0.5, 0.6) is 11.5 Å². The first-order valence-electron chi connectivity index (χ1n) is 5.26. The molecule has 0 aliphatic rings. The molecular formula is C12H16O5. The summed E-state index contributed by atoms with van der Waals surface area (Å²) in [5.74, 6) is -1.39. The number of hydrogen-bond acceptors (Lipinski definition) is 5. The Morgan fingerprint density at radius 2 is 1.94 bits per heavy atom. The standard InChI is InChI=1S/C12H16O5/c1-4-17-12(16)11(15)8-5-9(13)10(14)7(3)6(8)2/h5,11,13-15H,4H2,1-3H3. The molecule has 0 saturated carbocycles. The Balaban J connectivity index is 3.19. The highest BCUT2D eigenvalue weighted by Crippen LogP contribution is 2.35. The van der Waals surface area contributed by atoms with Crippen molar-refractivity contribution in [1.82, 2.24) is 0 Å². The van der Waals surface area contributed by atoms with E-state index in [9.17, 15) is 20.1 Å². The van der Waals surface area contributed by atoms with Gasteiger partial charge in [-0.15, -0.1) is 0 Å². The van der Waals surface area contributed by atoms with Crippen molar-refractivity contribution in [3.63, 3.8) is 0 Å². The fourth-order valence-corrected chi connectivity index (χ4v) is 1.54. The highest BCUT2D eigenvalue weighted by molar-refractivity contribution is 5.77. The summed E-state index contributed by atoms with van der Waals surface area (Å²) in [6, 6.07) is 1.17. The van der Waals surface area contributed by atoms with Crippen molar-refractivity contribution in [2.24, 2.45) is 0 Å². The number of carbonyl (C=O) groups excluding carboxylic acids is 1. The second kappa shape index (κ2) is 5.05. The molecule has 0 aromatic heterocycles. The third kappa shape index (κ3) is 2.50. The first kappa shape index (κ1) is 13.3. The number of hydrogen-bond donors (Lipinski definition) is 3. The maximum absolute atomic E-state index is 11.4. The van der Waals surface area contributed by atoms with Gasteiger partial charge in [-0.2, -0.15) is 0 Å². The van der Waals surface area contributed by atoms with E-state index >= 15 is 0 Å². The highest BCUT2D eigenvalue weighted by Gasteiger charge is 2.23. The van der Waals surface area contributed by atoms with E-state index in [2.05, 4.69) is 4.74 Å². The Hall–Kier alpha value is -1.75. The minimum absolute atomic E-state index is 0.165. The van der Waals surface area contributed by atoms with Gasteiger partial charge < -0.3 is 20.1 Å². The van der Waals surface area contributed by atoms with E-state index < -0.39 is 12.1 Å². The molecule has 1 unspecified atom stereocenters. The molecule has 5 nitrogen and oxygen atoms in total. The fraction of sp³-hybridized carbons (Fsp3) is 0.417. The molecule has 0 aliphatic heterocycles. The number of aromatic hydroxyl groups is 2. The molecular weight excluding hydrogens is 224 g/mol. The van der Waals surface area contributed by atoms with Gasteiger partial charge in [0.05, 0.1) is 6.61 Å². The maximum atomic E-state index is 11.4. The van der Waals surface area contributed by atoms with Crippen LogP contribution in [0, 0.1) is 13.8 Å². The van der Waals surface area contributed by atoms with Gasteiger partial charge in [-0.3, -0.25) is 0 Å². The van der Waals surface area contributed by atoms with Crippen LogP contribution in [-0.2, 0) is 9.53 Å². The summed E-state index contributed by atoms with van der Waals surface area (Å²) in [7, 11) is 0. The van der Waals surface area contributed by atoms with Crippen LogP contribution in [0.25, 0.3) is 0 Å². The van der Waals surface area contributed by atoms with Crippen LogP contribution in [0.3, 0.4) is 0 Å². The molecule has 1 atom stereocenters. The zero-order valence-corrected chi connectivity index (χ0v) is 10.0. The predicted molar refractivity (Wildman–Crippen MR) is 60.8 cm³/mol. The SMILES string of the molecule is CCOC(=O)C(O)c1cc(O)c(O)c(C)c1C. The molecule has 1 aromatic carbocycles. The summed E-state index contributed by atoms with van der Waals surface area (Å²) in [6.07, 6.45) is -1.46. The van der Waals surface area contributed by atoms with E-state index in [0.29, 0.717) is 11.1 Å². The van der Waals surface area contributed by atoms with Gasteiger partial charge in [-0.05, 0) is 43.5 Å². The second-order valence-corrected chi connectivity index (χ2v) is 3.74. The molecule has 17 heavy (non-hydrogen) atoms. The lowest BCUT2D eigenvalue weighted by molar-refractivity contribution is -0.153. The molecule has 5 heteroatoms. The minimum atomic E-state index is -1.46. The van der Waals surface area contributed by atoms with Gasteiger partial charge >= 0.3 is 5.97 Å².